The molecule has 3 aromatic rings. The average molecular weight is 336 g/mol. The van der Waals surface area contributed by atoms with Gasteiger partial charge in [-0.25, -0.2) is 0 Å². The molecule has 25 heavy (non-hydrogen) atoms. The van der Waals surface area contributed by atoms with Gasteiger partial charge in [0.1, 0.15) is 0 Å². The Labute approximate surface area is 146 Å². The maximum Gasteiger partial charge on any atom is 0.251 e. The van der Waals surface area contributed by atoms with E-state index in [0.717, 1.165) is 22.4 Å². The summed E-state index contributed by atoms with van der Waals surface area (Å²) >= 11 is 0. The Morgan fingerprint density at radius 1 is 1.16 bits per heavy atom. The van der Waals surface area contributed by atoms with Crippen molar-refractivity contribution in [1.29, 1.82) is 0 Å². The van der Waals surface area contributed by atoms with E-state index in [4.69, 9.17) is 4.52 Å². The fraction of sp³-hybridized carbons (Fsp3) is 0.211. The summed E-state index contributed by atoms with van der Waals surface area (Å²) in [6, 6.07) is 13.5. The molecule has 2 aromatic carbocycles. The van der Waals surface area contributed by atoms with Crippen molar-refractivity contribution in [3.8, 4) is 11.4 Å². The fourth-order valence-electron chi connectivity index (χ4n) is 2.61. The summed E-state index contributed by atoms with van der Waals surface area (Å²) in [5, 5.41) is 9.92. The monoisotopic (exact) mass is 336 g/mol. The van der Waals surface area contributed by atoms with E-state index < -0.39 is 0 Å². The van der Waals surface area contributed by atoms with E-state index in [0.29, 0.717) is 23.8 Å². The number of benzene rings is 2. The summed E-state index contributed by atoms with van der Waals surface area (Å²) in [6.45, 7) is 4.31. The lowest BCUT2D eigenvalue weighted by Crippen LogP contribution is -2.19. The molecule has 0 aliphatic rings. The van der Waals surface area contributed by atoms with Crippen LogP contribution < -0.4 is 10.6 Å². The van der Waals surface area contributed by atoms with Gasteiger partial charge >= 0.3 is 0 Å². The van der Waals surface area contributed by atoms with Gasteiger partial charge in [0.2, 0.25) is 11.7 Å². The Kier molecular flexibility index (Phi) is 4.79. The molecule has 0 aliphatic carbocycles. The zero-order valence-corrected chi connectivity index (χ0v) is 14.5. The van der Waals surface area contributed by atoms with Crippen LogP contribution in [0.5, 0.6) is 0 Å². The molecule has 0 radical (unpaired) electrons. The molecule has 0 aliphatic heterocycles. The maximum atomic E-state index is 11.9. The van der Waals surface area contributed by atoms with Gasteiger partial charge in [-0.3, -0.25) is 4.79 Å². The second-order valence-electron chi connectivity index (χ2n) is 5.79. The topological polar surface area (TPSA) is 80.0 Å². The lowest BCUT2D eigenvalue weighted by atomic mass is 10.1. The molecular weight excluding hydrogens is 316 g/mol. The number of carbonyl (C=O) groups excluding carboxylic acids is 1. The average Bonchev–Trinajstić information content (AvgIpc) is 3.09. The summed E-state index contributed by atoms with van der Waals surface area (Å²) < 4.78 is 5.32. The molecule has 0 unspecified atom stereocenters. The van der Waals surface area contributed by atoms with Gasteiger partial charge in [-0.2, -0.15) is 4.98 Å². The number of carbonyl (C=O) groups is 1. The van der Waals surface area contributed by atoms with E-state index in [1.165, 1.54) is 0 Å². The molecule has 0 spiro atoms. The van der Waals surface area contributed by atoms with Gasteiger partial charge in [0.05, 0.1) is 6.54 Å². The normalized spacial score (nSPS) is 10.5. The van der Waals surface area contributed by atoms with Crippen LogP contribution in [0.15, 0.2) is 47.0 Å². The predicted molar refractivity (Wildman–Crippen MR) is 96.4 cm³/mol. The molecule has 2 N–H and O–H groups in total. The minimum atomic E-state index is -0.110. The quantitative estimate of drug-likeness (QED) is 0.747. The Morgan fingerprint density at radius 2 is 1.96 bits per heavy atom. The van der Waals surface area contributed by atoms with Crippen LogP contribution in [0, 0.1) is 13.8 Å². The molecule has 1 aromatic heterocycles. The summed E-state index contributed by atoms with van der Waals surface area (Å²) in [4.78, 5) is 16.3. The molecule has 0 atom stereocenters. The third-order valence-electron chi connectivity index (χ3n) is 3.98. The highest BCUT2D eigenvalue weighted by molar-refractivity contribution is 5.96. The van der Waals surface area contributed by atoms with Gasteiger partial charge in [-0.05, 0) is 37.6 Å². The first-order chi connectivity index (χ1) is 12.1. The van der Waals surface area contributed by atoms with E-state index in [9.17, 15) is 4.79 Å². The van der Waals surface area contributed by atoms with E-state index in [-0.39, 0.29) is 5.91 Å². The van der Waals surface area contributed by atoms with Crippen LogP contribution in [0.4, 0.5) is 5.69 Å². The molecule has 0 saturated heterocycles. The van der Waals surface area contributed by atoms with Crippen molar-refractivity contribution in [2.45, 2.75) is 20.4 Å². The van der Waals surface area contributed by atoms with Gasteiger partial charge < -0.3 is 15.2 Å². The molecule has 6 heteroatoms. The summed E-state index contributed by atoms with van der Waals surface area (Å²) in [7, 11) is 1.62. The smallest absolute Gasteiger partial charge is 0.251 e. The first-order valence-corrected chi connectivity index (χ1v) is 8.03. The zero-order valence-electron chi connectivity index (χ0n) is 14.5. The highest BCUT2D eigenvalue weighted by atomic mass is 16.5. The van der Waals surface area contributed by atoms with Crippen LogP contribution in [0.2, 0.25) is 0 Å². The Bertz CT molecular complexity index is 902. The first kappa shape index (κ1) is 16.7. The number of nitrogens with zero attached hydrogens (tertiary/aromatic N) is 2. The third kappa shape index (κ3) is 3.68. The third-order valence-corrected chi connectivity index (χ3v) is 3.98. The number of hydrogen-bond acceptors (Lipinski definition) is 5. The molecule has 0 fully saturated rings. The number of rotatable bonds is 5. The van der Waals surface area contributed by atoms with Crippen LogP contribution in [0.3, 0.4) is 0 Å². The lowest BCUT2D eigenvalue weighted by Gasteiger charge is -2.11. The van der Waals surface area contributed by atoms with Gasteiger partial charge in [-0.15, -0.1) is 0 Å². The van der Waals surface area contributed by atoms with Crippen LogP contribution in [-0.4, -0.2) is 23.1 Å². The molecule has 1 amide bonds. The predicted octanol–water partition coefficient (Wildman–Crippen LogP) is 3.33. The lowest BCUT2D eigenvalue weighted by molar-refractivity contribution is 0.0962. The van der Waals surface area contributed by atoms with Crippen molar-refractivity contribution in [3.05, 3.63) is 65.0 Å². The van der Waals surface area contributed by atoms with Gasteiger partial charge in [-0.1, -0.05) is 35.0 Å². The van der Waals surface area contributed by atoms with E-state index in [1.54, 1.807) is 13.1 Å². The van der Waals surface area contributed by atoms with Crippen molar-refractivity contribution in [3.63, 3.8) is 0 Å². The number of nitrogens with one attached hydrogen (secondary N) is 2. The molecule has 0 saturated carbocycles. The molecule has 3 rings (SSSR count). The van der Waals surface area contributed by atoms with E-state index in [1.807, 2.05) is 50.2 Å². The Balaban J connectivity index is 1.74. The van der Waals surface area contributed by atoms with Crippen molar-refractivity contribution >= 4 is 11.6 Å². The van der Waals surface area contributed by atoms with Crippen molar-refractivity contribution < 1.29 is 9.32 Å². The Hall–Kier alpha value is -3.15. The summed E-state index contributed by atoms with van der Waals surface area (Å²) in [6.07, 6.45) is 0. The zero-order chi connectivity index (χ0) is 17.8. The number of aryl methyl sites for hydroxylation is 1. The standard InChI is InChI=1S/C19H20N4O2/c1-12-6-4-7-14(10-12)18-22-17(25-23-18)11-21-16-9-5-8-15(13(16)2)19(24)20-3/h4-10,21H,11H2,1-3H3,(H,20,24). The number of aromatic nitrogens is 2. The highest BCUT2D eigenvalue weighted by Crippen LogP contribution is 2.21. The number of anilines is 1. The van der Waals surface area contributed by atoms with E-state index >= 15 is 0 Å². The molecule has 1 heterocycles. The van der Waals surface area contributed by atoms with Gasteiger partial charge in [0.15, 0.2) is 0 Å². The molecule has 0 bridgehead atoms. The van der Waals surface area contributed by atoms with Crippen molar-refractivity contribution in [2.75, 3.05) is 12.4 Å². The second-order valence-corrected chi connectivity index (χ2v) is 5.79. The van der Waals surface area contributed by atoms with Crippen LogP contribution >= 0.6 is 0 Å². The Morgan fingerprint density at radius 3 is 2.72 bits per heavy atom. The van der Waals surface area contributed by atoms with Crippen molar-refractivity contribution in [1.82, 2.24) is 15.5 Å². The summed E-state index contributed by atoms with van der Waals surface area (Å²) in [5.41, 5.74) is 4.44. The largest absolute Gasteiger partial charge is 0.376 e. The van der Waals surface area contributed by atoms with E-state index in [2.05, 4.69) is 20.8 Å². The minimum Gasteiger partial charge on any atom is -0.376 e. The fourth-order valence-corrected chi connectivity index (χ4v) is 2.61. The van der Waals surface area contributed by atoms with Crippen LogP contribution in [-0.2, 0) is 6.54 Å². The first-order valence-electron chi connectivity index (χ1n) is 8.03. The molecule has 6 nitrogen and oxygen atoms in total. The minimum absolute atomic E-state index is 0.110. The number of hydrogen-bond donors (Lipinski definition) is 2. The second kappa shape index (κ2) is 7.17. The highest BCUT2D eigenvalue weighted by Gasteiger charge is 2.12. The molecular formula is C19H20N4O2. The van der Waals surface area contributed by atoms with Gasteiger partial charge in [0, 0.05) is 23.9 Å². The number of amides is 1. The molecule has 128 valence electrons. The summed E-state index contributed by atoms with van der Waals surface area (Å²) in [5.74, 6) is 0.943. The SMILES string of the molecule is CNC(=O)c1cccc(NCc2nc(-c3cccc(C)c3)no2)c1C. The van der Waals surface area contributed by atoms with Crippen molar-refractivity contribution in [2.24, 2.45) is 0 Å². The van der Waals surface area contributed by atoms with Gasteiger partial charge in [0.25, 0.3) is 5.91 Å². The van der Waals surface area contributed by atoms with Crippen LogP contribution in [0.25, 0.3) is 11.4 Å². The van der Waals surface area contributed by atoms with Crippen LogP contribution in [0.1, 0.15) is 27.4 Å². The maximum absolute atomic E-state index is 11.9.